The van der Waals surface area contributed by atoms with E-state index in [9.17, 15) is 28.3 Å². The van der Waals surface area contributed by atoms with Gasteiger partial charge in [-0.2, -0.15) is 0 Å². The number of nitrogens with zero attached hydrogens (tertiary/aromatic N) is 2. The van der Waals surface area contributed by atoms with Crippen LogP contribution in [-0.4, -0.2) is 52.8 Å². The Kier molecular flexibility index (Phi) is 6.39. The first-order valence-electron chi connectivity index (χ1n) is 11.3. The quantitative estimate of drug-likeness (QED) is 0.486. The Bertz CT molecular complexity index is 1340. The molecule has 2 saturated heterocycles. The molecule has 3 aliphatic heterocycles. The molecule has 13 heteroatoms. The predicted molar refractivity (Wildman–Crippen MR) is 136 cm³/mol. The Morgan fingerprint density at radius 1 is 1.11 bits per heavy atom. The van der Waals surface area contributed by atoms with Crippen molar-refractivity contribution in [2.24, 2.45) is 11.8 Å². The molecule has 3 heterocycles. The SMILES string of the molecule is CCN(C(=O)[C@H]1[C@H]2CC(F)(F)CN2[C@]2(C(=O)Nc3c(Cl)cc(Cl)cc32)[C@H]1C(=O)O)c1cc(Cl)cc(Cl)c1. The smallest absolute Gasteiger partial charge is 0.310 e. The second-order valence-corrected chi connectivity index (χ2v) is 11.1. The zero-order valence-corrected chi connectivity index (χ0v) is 22.1. The number of rotatable bonds is 4. The first-order chi connectivity index (χ1) is 17.3. The minimum Gasteiger partial charge on any atom is -0.481 e. The first-order valence-corrected chi connectivity index (χ1v) is 12.8. The average molecular weight is 593 g/mol. The van der Waals surface area contributed by atoms with Gasteiger partial charge >= 0.3 is 5.97 Å². The molecule has 1 spiro atoms. The molecular weight excluding hydrogens is 574 g/mol. The normalized spacial score (nSPS) is 27.8. The lowest BCUT2D eigenvalue weighted by Crippen LogP contribution is -2.54. The van der Waals surface area contributed by atoms with E-state index in [1.807, 2.05) is 0 Å². The minimum atomic E-state index is -3.28. The van der Waals surface area contributed by atoms with Crippen LogP contribution >= 0.6 is 46.4 Å². The molecular formula is C24H19Cl4F2N3O4. The summed E-state index contributed by atoms with van der Waals surface area (Å²) in [6.07, 6.45) is -0.806. The van der Waals surface area contributed by atoms with Crippen molar-refractivity contribution < 1.29 is 28.3 Å². The third-order valence-electron chi connectivity index (χ3n) is 7.33. The van der Waals surface area contributed by atoms with Gasteiger partial charge in [-0.1, -0.05) is 46.4 Å². The fourth-order valence-electron chi connectivity index (χ4n) is 6.12. The van der Waals surface area contributed by atoms with Gasteiger partial charge in [-0.15, -0.1) is 0 Å². The Labute approximate surface area is 230 Å². The summed E-state index contributed by atoms with van der Waals surface area (Å²) in [7, 11) is 0. The highest BCUT2D eigenvalue weighted by Gasteiger charge is 2.74. The van der Waals surface area contributed by atoms with Gasteiger partial charge < -0.3 is 15.3 Å². The predicted octanol–water partition coefficient (Wildman–Crippen LogP) is 5.54. The molecule has 2 aromatic carbocycles. The van der Waals surface area contributed by atoms with Crippen molar-refractivity contribution in [1.82, 2.24) is 4.90 Å². The third kappa shape index (κ3) is 3.89. The fraction of sp³-hybridized carbons (Fsp3) is 0.375. The molecule has 0 unspecified atom stereocenters. The number of carboxylic acid groups (broad SMARTS) is 1. The summed E-state index contributed by atoms with van der Waals surface area (Å²) < 4.78 is 29.8. The highest BCUT2D eigenvalue weighted by molar-refractivity contribution is 6.38. The van der Waals surface area contributed by atoms with Crippen LogP contribution in [0.2, 0.25) is 20.1 Å². The van der Waals surface area contributed by atoms with Gasteiger partial charge in [0.15, 0.2) is 0 Å². The van der Waals surface area contributed by atoms with Crippen LogP contribution in [0.3, 0.4) is 0 Å². The van der Waals surface area contributed by atoms with E-state index in [1.165, 1.54) is 35.2 Å². The molecule has 0 radical (unpaired) electrons. The van der Waals surface area contributed by atoms with Crippen molar-refractivity contribution in [3.8, 4) is 0 Å². The highest BCUT2D eigenvalue weighted by atomic mass is 35.5. The van der Waals surface area contributed by atoms with Crippen molar-refractivity contribution >= 4 is 75.6 Å². The minimum absolute atomic E-state index is 0.0258. The van der Waals surface area contributed by atoms with Crippen LogP contribution in [0.4, 0.5) is 20.2 Å². The van der Waals surface area contributed by atoms with Gasteiger partial charge in [0.05, 0.1) is 23.2 Å². The highest BCUT2D eigenvalue weighted by Crippen LogP contribution is 2.61. The van der Waals surface area contributed by atoms with E-state index < -0.39 is 60.1 Å². The summed E-state index contributed by atoms with van der Waals surface area (Å²) in [5.74, 6) is -9.60. The summed E-state index contributed by atoms with van der Waals surface area (Å²) >= 11 is 24.7. The largest absolute Gasteiger partial charge is 0.481 e. The van der Waals surface area contributed by atoms with E-state index >= 15 is 0 Å². The van der Waals surface area contributed by atoms with Crippen LogP contribution in [-0.2, 0) is 19.9 Å². The summed E-state index contributed by atoms with van der Waals surface area (Å²) in [5.41, 5.74) is -1.73. The maximum Gasteiger partial charge on any atom is 0.310 e. The number of halogens is 6. The molecule has 0 aromatic heterocycles. The molecule has 37 heavy (non-hydrogen) atoms. The van der Waals surface area contributed by atoms with Crippen molar-refractivity contribution in [1.29, 1.82) is 0 Å². The molecule has 5 rings (SSSR count). The van der Waals surface area contributed by atoms with Crippen LogP contribution in [0.25, 0.3) is 0 Å². The molecule has 0 bridgehead atoms. The lowest BCUT2D eigenvalue weighted by molar-refractivity contribution is -0.153. The third-order valence-corrected chi connectivity index (χ3v) is 8.28. The maximum atomic E-state index is 14.9. The van der Waals surface area contributed by atoms with Crippen molar-refractivity contribution in [3.63, 3.8) is 0 Å². The molecule has 4 atom stereocenters. The molecule has 2 aromatic rings. The topological polar surface area (TPSA) is 90.0 Å². The number of hydrogen-bond acceptors (Lipinski definition) is 4. The van der Waals surface area contributed by atoms with E-state index in [-0.39, 0.29) is 43.6 Å². The monoisotopic (exact) mass is 591 g/mol. The van der Waals surface area contributed by atoms with Gasteiger partial charge in [0.1, 0.15) is 11.5 Å². The number of carbonyl (C=O) groups excluding carboxylic acids is 2. The maximum absolute atomic E-state index is 14.9. The molecule has 7 nitrogen and oxygen atoms in total. The molecule has 2 fully saturated rings. The van der Waals surface area contributed by atoms with E-state index in [1.54, 1.807) is 6.92 Å². The number of carbonyl (C=O) groups is 3. The second-order valence-electron chi connectivity index (χ2n) is 9.34. The van der Waals surface area contributed by atoms with E-state index in [0.29, 0.717) is 0 Å². The van der Waals surface area contributed by atoms with Crippen LogP contribution in [0.5, 0.6) is 0 Å². The van der Waals surface area contributed by atoms with Gasteiger partial charge in [-0.25, -0.2) is 8.78 Å². The number of aliphatic carboxylic acids is 1. The summed E-state index contributed by atoms with van der Waals surface area (Å²) in [6.45, 7) is 0.789. The lowest BCUT2D eigenvalue weighted by Gasteiger charge is -2.36. The van der Waals surface area contributed by atoms with Crippen LogP contribution in [0.1, 0.15) is 18.9 Å². The van der Waals surface area contributed by atoms with Gasteiger partial charge in [-0.3, -0.25) is 19.3 Å². The molecule has 2 amide bonds. The number of alkyl halides is 2. The number of carboxylic acids is 1. The summed E-state index contributed by atoms with van der Waals surface area (Å²) in [6, 6.07) is 5.82. The Hall–Kier alpha value is -2.17. The van der Waals surface area contributed by atoms with Crippen molar-refractivity contribution in [2.75, 3.05) is 23.3 Å². The second kappa shape index (κ2) is 8.95. The average Bonchev–Trinajstić information content (AvgIpc) is 3.34. The van der Waals surface area contributed by atoms with Crippen LogP contribution in [0, 0.1) is 11.8 Å². The molecule has 196 valence electrons. The molecule has 3 aliphatic rings. The van der Waals surface area contributed by atoms with Gasteiger partial charge in [-0.05, 0) is 37.3 Å². The number of benzene rings is 2. The molecule has 2 N–H and O–H groups in total. The number of nitrogens with one attached hydrogen (secondary N) is 1. The number of fused-ring (bicyclic) bond motifs is 4. The van der Waals surface area contributed by atoms with E-state index in [2.05, 4.69) is 5.32 Å². The number of amides is 2. The van der Waals surface area contributed by atoms with Gasteiger partial charge in [0, 0.05) is 45.3 Å². The molecule has 0 aliphatic carbocycles. The standard InChI is InChI=1S/C24H19Cl4F2N3O4/c1-2-32(13-4-10(25)3-11(26)5-13)20(34)17-16-8-23(29,30)9-33(16)24(18(17)21(35)36)14-6-12(27)7-15(28)19(14)31-22(24)37/h3-7,16-18H,2,8-9H2,1H3,(H,31,37)(H,35,36)/t16-,17+,18-,24+/m1/s1. The summed E-state index contributed by atoms with van der Waals surface area (Å²) in [4.78, 5) is 43.0. The van der Waals surface area contributed by atoms with Gasteiger partial charge in [0.25, 0.3) is 11.8 Å². The Morgan fingerprint density at radius 3 is 2.32 bits per heavy atom. The van der Waals surface area contributed by atoms with Crippen molar-refractivity contribution in [2.45, 2.75) is 30.8 Å². The van der Waals surface area contributed by atoms with Gasteiger partial charge in [0.2, 0.25) is 5.91 Å². The van der Waals surface area contributed by atoms with Crippen LogP contribution < -0.4 is 10.2 Å². The Morgan fingerprint density at radius 2 is 1.73 bits per heavy atom. The molecule has 0 saturated carbocycles. The summed E-state index contributed by atoms with van der Waals surface area (Å²) in [5, 5.41) is 13.6. The lowest BCUT2D eigenvalue weighted by atomic mass is 9.73. The Balaban J connectivity index is 1.73. The number of hydrogen-bond donors (Lipinski definition) is 2. The van der Waals surface area contributed by atoms with E-state index in [0.717, 1.165) is 4.90 Å². The fourth-order valence-corrected chi connectivity index (χ4v) is 7.18. The van der Waals surface area contributed by atoms with E-state index in [4.69, 9.17) is 46.4 Å². The zero-order chi connectivity index (χ0) is 27.0. The zero-order valence-electron chi connectivity index (χ0n) is 19.1. The van der Waals surface area contributed by atoms with Crippen molar-refractivity contribution in [3.05, 3.63) is 56.0 Å². The van der Waals surface area contributed by atoms with Crippen LogP contribution in [0.15, 0.2) is 30.3 Å². The number of anilines is 2. The first kappa shape index (κ1) is 26.4.